The maximum Gasteiger partial charge on any atom is -1.00 e. The fourth-order valence-corrected chi connectivity index (χ4v) is 0.866. The summed E-state index contributed by atoms with van der Waals surface area (Å²) in [5.41, 5.74) is 0. The first-order valence-corrected chi connectivity index (χ1v) is 3.86. The molecule has 1 heteroatoms. The molecule has 5 heavy (non-hydrogen) atoms. The van der Waals surface area contributed by atoms with Crippen molar-refractivity contribution in [2.45, 2.75) is 24.4 Å². The summed E-state index contributed by atoms with van der Waals surface area (Å²) in [6, 6.07) is 0. The fraction of sp³-hybridized carbons (Fsp3) is 1.00. The van der Waals surface area contributed by atoms with E-state index in [9.17, 15) is 0 Å². The van der Waals surface area contributed by atoms with Gasteiger partial charge < -0.3 is 1.43 Å². The zero-order chi connectivity index (χ0) is 4.12. The number of hydrogen-bond acceptors (Lipinski definition) is 0. The molecule has 0 aliphatic rings. The molecule has 0 spiro atoms. The summed E-state index contributed by atoms with van der Waals surface area (Å²) in [7, 11) is 0. The molecule has 0 aliphatic carbocycles. The molecule has 30 valence electrons. The first-order valence-electron chi connectivity index (χ1n) is 2.23. The molecular formula is C4H11Al. The molecule has 0 fully saturated rings. The van der Waals surface area contributed by atoms with Gasteiger partial charge in [-0.2, -0.15) is 0 Å². The zero-order valence-electron chi connectivity index (χ0n) is 4.99. The molecule has 0 heterocycles. The Morgan fingerprint density at radius 1 is 1.40 bits per heavy atom. The van der Waals surface area contributed by atoms with Gasteiger partial charge in [-0.25, -0.2) is 0 Å². The fourth-order valence-electron chi connectivity index (χ4n) is 0.289. The Bertz CT molecular complexity index is 15.0. The Balaban J connectivity index is 0. The molecule has 0 aromatic heterocycles. The van der Waals surface area contributed by atoms with Gasteiger partial charge in [-0.1, -0.05) is 0 Å². The van der Waals surface area contributed by atoms with Gasteiger partial charge in [0.2, 0.25) is 0 Å². The predicted molar refractivity (Wildman–Crippen MR) is 27.8 cm³/mol. The summed E-state index contributed by atoms with van der Waals surface area (Å²) in [6.45, 7) is 4.50. The summed E-state index contributed by atoms with van der Waals surface area (Å²) >= 11 is 0.815. The van der Waals surface area contributed by atoms with Crippen molar-refractivity contribution in [3.63, 3.8) is 0 Å². The van der Waals surface area contributed by atoms with Crippen LogP contribution in [0.3, 0.4) is 0 Å². The van der Waals surface area contributed by atoms with Crippen molar-refractivity contribution in [1.82, 2.24) is 0 Å². The first-order chi connectivity index (χ1) is 2.41. The van der Waals surface area contributed by atoms with Crippen molar-refractivity contribution in [2.75, 3.05) is 0 Å². The minimum atomic E-state index is 0. The van der Waals surface area contributed by atoms with Crippen LogP contribution >= 0.6 is 0 Å². The van der Waals surface area contributed by atoms with Crippen molar-refractivity contribution in [3.05, 3.63) is 0 Å². The monoisotopic (exact) mass is 87.1 g/mol. The van der Waals surface area contributed by atoms with Crippen LogP contribution in [-0.4, -0.2) is 15.2 Å². The SMILES string of the molecule is C[CH2][Al+][CH2]C.[2H-]. The first kappa shape index (κ1) is 5.53. The molecule has 0 nitrogen and oxygen atoms in total. The van der Waals surface area contributed by atoms with E-state index in [0.717, 1.165) is 15.2 Å². The van der Waals surface area contributed by atoms with Crippen molar-refractivity contribution < 1.29 is 1.43 Å². The van der Waals surface area contributed by atoms with E-state index in [4.69, 9.17) is 0 Å². The number of hydrogen-bond donors (Lipinski definition) is 0. The third-order valence-electron chi connectivity index (χ3n) is 0.577. The van der Waals surface area contributed by atoms with E-state index in [1.165, 1.54) is 10.6 Å². The van der Waals surface area contributed by atoms with Gasteiger partial charge in [0, 0.05) is 0 Å². The second-order valence-electron chi connectivity index (χ2n) is 1.11. The van der Waals surface area contributed by atoms with Crippen LogP contribution in [0.15, 0.2) is 0 Å². The molecule has 0 radical (unpaired) electrons. The Hall–Kier alpha value is 0.532. The van der Waals surface area contributed by atoms with E-state index in [2.05, 4.69) is 13.8 Å². The van der Waals surface area contributed by atoms with Gasteiger partial charge in [-0.15, -0.1) is 0 Å². The van der Waals surface area contributed by atoms with E-state index in [1.807, 2.05) is 0 Å². The van der Waals surface area contributed by atoms with Crippen molar-refractivity contribution in [2.24, 2.45) is 0 Å². The normalized spacial score (nSPS) is 6.80. The van der Waals surface area contributed by atoms with Gasteiger partial charge in [-0.3, -0.25) is 0 Å². The summed E-state index contributed by atoms with van der Waals surface area (Å²) in [5, 5.41) is 2.85. The Kier molecular flexibility index (Phi) is 5.02. The molecule has 0 rings (SSSR count). The molecule has 0 saturated heterocycles. The second-order valence-corrected chi connectivity index (χ2v) is 3.32. The van der Waals surface area contributed by atoms with Crippen molar-refractivity contribution in [1.29, 1.82) is 0 Å². The Morgan fingerprint density at radius 3 is 1.80 bits per heavy atom. The van der Waals surface area contributed by atoms with Gasteiger partial charge in [0.05, 0.1) is 0 Å². The quantitative estimate of drug-likeness (QED) is 0.449. The van der Waals surface area contributed by atoms with Crippen LogP contribution in [0.1, 0.15) is 15.3 Å². The van der Waals surface area contributed by atoms with E-state index in [-0.39, 0.29) is 1.43 Å². The average Bonchev–Trinajstić information content (AvgIpc) is 1.41. The molecule has 0 amide bonds. The van der Waals surface area contributed by atoms with Gasteiger partial charge in [0.15, 0.2) is 0 Å². The van der Waals surface area contributed by atoms with Crippen LogP contribution in [0.4, 0.5) is 0 Å². The van der Waals surface area contributed by atoms with Gasteiger partial charge in [0.25, 0.3) is 0 Å². The molecule has 0 saturated carbocycles. The smallest absolute Gasteiger partial charge is 1.00 e. The molecule has 0 unspecified atom stereocenters. The van der Waals surface area contributed by atoms with E-state index in [1.54, 1.807) is 0 Å². The van der Waals surface area contributed by atoms with Gasteiger partial charge in [-0.05, 0) is 0 Å². The van der Waals surface area contributed by atoms with Gasteiger partial charge in [0.1, 0.15) is 0 Å². The third kappa shape index (κ3) is 4.53. The topological polar surface area (TPSA) is 0 Å². The van der Waals surface area contributed by atoms with Crippen LogP contribution in [0, 0.1) is 0 Å². The molecule has 0 bridgehead atoms. The molecule has 0 aliphatic heterocycles. The van der Waals surface area contributed by atoms with Crippen LogP contribution < -0.4 is 0 Å². The van der Waals surface area contributed by atoms with E-state index >= 15 is 0 Å². The molecule has 0 aromatic rings. The maximum atomic E-state index is 2.25. The van der Waals surface area contributed by atoms with Crippen molar-refractivity contribution >= 4 is 15.2 Å². The van der Waals surface area contributed by atoms with E-state index in [0.29, 0.717) is 0 Å². The van der Waals surface area contributed by atoms with Crippen LogP contribution in [-0.2, 0) is 0 Å². The summed E-state index contributed by atoms with van der Waals surface area (Å²) < 4.78 is 0. The van der Waals surface area contributed by atoms with Gasteiger partial charge >= 0.3 is 39.6 Å². The zero-order valence-corrected chi connectivity index (χ0v) is 5.15. The molecular weight excluding hydrogens is 75.0 g/mol. The third-order valence-corrected chi connectivity index (χ3v) is 1.73. The second kappa shape index (κ2) is 4.53. The standard InChI is InChI=1S/2C2H5.Al.H/c2*1-2;;/h2*1H2,2H3;;/q;;+1;-1/i;;;1+1. The minimum absolute atomic E-state index is 0. The summed E-state index contributed by atoms with van der Waals surface area (Å²) in [4.78, 5) is 0. The van der Waals surface area contributed by atoms with E-state index < -0.39 is 0 Å². The van der Waals surface area contributed by atoms with Crippen LogP contribution in [0.25, 0.3) is 0 Å². The van der Waals surface area contributed by atoms with Crippen molar-refractivity contribution in [3.8, 4) is 0 Å². The van der Waals surface area contributed by atoms with Crippen LogP contribution in [0.5, 0.6) is 0 Å². The molecule has 0 aromatic carbocycles. The molecule has 0 atom stereocenters. The number of rotatable bonds is 2. The largest absolute Gasteiger partial charge is 1.00 e. The predicted octanol–water partition coefficient (Wildman–Crippen LogP) is 1.68. The molecule has 0 N–H and O–H groups in total. The summed E-state index contributed by atoms with van der Waals surface area (Å²) in [6.07, 6.45) is 0. The maximum absolute atomic E-state index is 2.25. The minimum Gasteiger partial charge on any atom is -1.00 e. The summed E-state index contributed by atoms with van der Waals surface area (Å²) in [5.74, 6) is 0. The Morgan fingerprint density at radius 2 is 1.80 bits per heavy atom. The van der Waals surface area contributed by atoms with Crippen LogP contribution in [0.2, 0.25) is 10.6 Å². The Labute approximate surface area is 41.8 Å². The average molecular weight is 87.1 g/mol.